The predicted octanol–water partition coefficient (Wildman–Crippen LogP) is 3.73. The molecule has 1 fully saturated rings. The van der Waals surface area contributed by atoms with Gasteiger partial charge in [-0.3, -0.25) is 4.21 Å². The molecule has 3 heteroatoms. The first-order valence-corrected chi connectivity index (χ1v) is 9.58. The third-order valence-corrected chi connectivity index (χ3v) is 6.39. The summed E-state index contributed by atoms with van der Waals surface area (Å²) in [5.74, 6) is 2.27. The van der Waals surface area contributed by atoms with E-state index in [-0.39, 0.29) is 0 Å². The largest absolute Gasteiger partial charge is 0.313 e. The minimum Gasteiger partial charge on any atom is -0.313 e. The number of nitrogens with one attached hydrogen (secondary N) is 1. The highest BCUT2D eigenvalue weighted by molar-refractivity contribution is 7.85. The van der Waals surface area contributed by atoms with Crippen LogP contribution in [0.25, 0.3) is 0 Å². The van der Waals surface area contributed by atoms with E-state index in [9.17, 15) is 4.21 Å². The van der Waals surface area contributed by atoms with Crippen LogP contribution < -0.4 is 5.32 Å². The van der Waals surface area contributed by atoms with Crippen molar-refractivity contribution in [3.63, 3.8) is 0 Å². The molecule has 1 saturated carbocycles. The molecule has 5 atom stereocenters. The summed E-state index contributed by atoms with van der Waals surface area (Å²) in [4.78, 5) is 0. The number of hydrogen-bond donors (Lipinski definition) is 1. The Morgan fingerprint density at radius 2 is 1.84 bits per heavy atom. The third-order valence-electron chi connectivity index (χ3n) is 4.30. The highest BCUT2D eigenvalue weighted by Gasteiger charge is 2.37. The first-order chi connectivity index (χ1) is 9.10. The van der Waals surface area contributed by atoms with Gasteiger partial charge in [0.1, 0.15) is 0 Å². The minimum absolute atomic E-state index is 0.375. The normalized spacial score (nSPS) is 33.3. The molecule has 2 nitrogen and oxygen atoms in total. The van der Waals surface area contributed by atoms with Crippen LogP contribution in [0.2, 0.25) is 0 Å². The van der Waals surface area contributed by atoms with Gasteiger partial charge in [-0.05, 0) is 44.1 Å². The van der Waals surface area contributed by atoms with Crippen molar-refractivity contribution in [3.8, 4) is 0 Å². The quantitative estimate of drug-likeness (QED) is 0.689. The molecule has 1 rings (SSSR count). The van der Waals surface area contributed by atoms with Gasteiger partial charge in [-0.15, -0.1) is 0 Å². The smallest absolute Gasteiger partial charge is 0.0526 e. The van der Waals surface area contributed by atoms with E-state index in [1.165, 1.54) is 25.7 Å². The molecule has 0 heterocycles. The lowest BCUT2D eigenvalue weighted by molar-refractivity contribution is 0.246. The van der Waals surface area contributed by atoms with E-state index in [1.54, 1.807) is 0 Å². The fraction of sp³-hybridized carbons (Fsp3) is 1.00. The predicted molar refractivity (Wildman–Crippen MR) is 86.0 cm³/mol. The van der Waals surface area contributed by atoms with Crippen LogP contribution in [0.5, 0.6) is 0 Å². The van der Waals surface area contributed by atoms with Crippen molar-refractivity contribution in [1.29, 1.82) is 0 Å². The van der Waals surface area contributed by atoms with Gasteiger partial charge in [0, 0.05) is 22.6 Å². The van der Waals surface area contributed by atoms with Gasteiger partial charge < -0.3 is 5.32 Å². The number of hydrogen-bond acceptors (Lipinski definition) is 2. The molecule has 1 aliphatic carbocycles. The zero-order valence-electron chi connectivity index (χ0n) is 13.3. The second kappa shape index (κ2) is 9.12. The number of unbranched alkanes of at least 4 members (excludes halogenated alkanes) is 2. The van der Waals surface area contributed by atoms with E-state index < -0.39 is 10.8 Å². The first kappa shape index (κ1) is 17.2. The lowest BCUT2D eigenvalue weighted by atomic mass is 9.80. The van der Waals surface area contributed by atoms with Crippen LogP contribution in [0.15, 0.2) is 0 Å². The minimum atomic E-state index is -0.649. The Labute approximate surface area is 122 Å². The van der Waals surface area contributed by atoms with E-state index in [2.05, 4.69) is 33.0 Å². The standard InChI is InChI=1S/C16H33NOS/c1-5-7-8-10-19(18)16-14(4)11-13(3)12-15(16)17-9-6-2/h13-17H,5-12H2,1-4H3. The molecule has 0 radical (unpaired) electrons. The zero-order chi connectivity index (χ0) is 14.3. The van der Waals surface area contributed by atoms with Gasteiger partial charge in [0.25, 0.3) is 0 Å². The Morgan fingerprint density at radius 1 is 1.11 bits per heavy atom. The molecule has 5 unspecified atom stereocenters. The molecule has 0 aromatic rings. The Balaban J connectivity index is 2.59. The zero-order valence-corrected chi connectivity index (χ0v) is 14.1. The Hall–Kier alpha value is 0.110. The molecular formula is C16H33NOS. The van der Waals surface area contributed by atoms with Crippen LogP contribution in [-0.2, 0) is 10.8 Å². The van der Waals surface area contributed by atoms with E-state index in [0.29, 0.717) is 17.2 Å². The average Bonchev–Trinajstić information content (AvgIpc) is 2.35. The summed E-state index contributed by atoms with van der Waals surface area (Å²) >= 11 is 0. The SMILES string of the molecule is CCCCCS(=O)C1C(C)CC(C)CC1NCCC. The van der Waals surface area contributed by atoms with Crippen molar-refractivity contribution in [3.05, 3.63) is 0 Å². The molecule has 1 N–H and O–H groups in total. The van der Waals surface area contributed by atoms with Gasteiger partial charge in [-0.1, -0.05) is 40.5 Å². The summed E-state index contributed by atoms with van der Waals surface area (Å²) in [5.41, 5.74) is 0. The van der Waals surface area contributed by atoms with Gasteiger partial charge in [0.05, 0.1) is 5.25 Å². The highest BCUT2D eigenvalue weighted by atomic mass is 32.2. The van der Waals surface area contributed by atoms with Gasteiger partial charge in [0.15, 0.2) is 0 Å². The van der Waals surface area contributed by atoms with Crippen LogP contribution in [0.4, 0.5) is 0 Å². The molecule has 0 saturated heterocycles. The Kier molecular flexibility index (Phi) is 8.24. The third kappa shape index (κ3) is 5.55. The molecule has 0 aliphatic heterocycles. The summed E-state index contributed by atoms with van der Waals surface area (Å²) in [6.07, 6.45) is 7.17. The van der Waals surface area contributed by atoms with Crippen LogP contribution in [0, 0.1) is 11.8 Å². The summed E-state index contributed by atoms with van der Waals surface area (Å²) < 4.78 is 12.6. The lowest BCUT2D eigenvalue weighted by Crippen LogP contribution is -2.50. The molecule has 0 aromatic heterocycles. The maximum absolute atomic E-state index is 12.6. The van der Waals surface area contributed by atoms with Crippen LogP contribution >= 0.6 is 0 Å². The van der Waals surface area contributed by atoms with E-state index in [4.69, 9.17) is 0 Å². The molecule has 0 bridgehead atoms. The molecule has 114 valence electrons. The maximum atomic E-state index is 12.6. The van der Waals surface area contributed by atoms with Crippen LogP contribution in [0.1, 0.15) is 66.2 Å². The average molecular weight is 288 g/mol. The van der Waals surface area contributed by atoms with Crippen LogP contribution in [0.3, 0.4) is 0 Å². The fourth-order valence-corrected chi connectivity index (χ4v) is 5.40. The second-order valence-corrected chi connectivity index (χ2v) is 8.09. The topological polar surface area (TPSA) is 29.1 Å². The molecule has 0 amide bonds. The van der Waals surface area contributed by atoms with Gasteiger partial charge in [-0.2, -0.15) is 0 Å². The molecular weight excluding hydrogens is 254 g/mol. The van der Waals surface area contributed by atoms with Crippen LogP contribution in [-0.4, -0.2) is 27.8 Å². The van der Waals surface area contributed by atoms with Gasteiger partial charge in [0.2, 0.25) is 0 Å². The monoisotopic (exact) mass is 287 g/mol. The van der Waals surface area contributed by atoms with Crippen molar-refractivity contribution in [2.45, 2.75) is 77.5 Å². The van der Waals surface area contributed by atoms with Crippen molar-refractivity contribution in [1.82, 2.24) is 5.32 Å². The van der Waals surface area contributed by atoms with E-state index >= 15 is 0 Å². The highest BCUT2D eigenvalue weighted by Crippen LogP contribution is 2.32. The van der Waals surface area contributed by atoms with Gasteiger partial charge in [-0.25, -0.2) is 0 Å². The molecule has 0 spiro atoms. The van der Waals surface area contributed by atoms with E-state index in [1.807, 2.05) is 0 Å². The first-order valence-electron chi connectivity index (χ1n) is 8.20. The summed E-state index contributed by atoms with van der Waals surface area (Å²) in [6, 6.07) is 0.473. The Morgan fingerprint density at radius 3 is 2.47 bits per heavy atom. The summed E-state index contributed by atoms with van der Waals surface area (Å²) in [6.45, 7) is 10.1. The van der Waals surface area contributed by atoms with Crippen molar-refractivity contribution in [2.75, 3.05) is 12.3 Å². The van der Waals surface area contributed by atoms with Crippen molar-refractivity contribution in [2.24, 2.45) is 11.8 Å². The number of rotatable bonds is 8. The van der Waals surface area contributed by atoms with E-state index in [0.717, 1.165) is 31.1 Å². The molecule has 19 heavy (non-hydrogen) atoms. The van der Waals surface area contributed by atoms with Crippen molar-refractivity contribution < 1.29 is 4.21 Å². The van der Waals surface area contributed by atoms with Crippen molar-refractivity contribution >= 4 is 10.8 Å². The maximum Gasteiger partial charge on any atom is 0.0526 e. The van der Waals surface area contributed by atoms with Gasteiger partial charge >= 0.3 is 0 Å². The summed E-state index contributed by atoms with van der Waals surface area (Å²) in [7, 11) is -0.649. The summed E-state index contributed by atoms with van der Waals surface area (Å²) in [5, 5.41) is 4.04. The fourth-order valence-electron chi connectivity index (χ4n) is 3.43. The Bertz CT molecular complexity index is 269. The second-order valence-electron chi connectivity index (χ2n) is 6.37. The molecule has 1 aliphatic rings. The lowest BCUT2D eigenvalue weighted by Gasteiger charge is -2.39. The molecule has 0 aromatic carbocycles.